The van der Waals surface area contributed by atoms with Gasteiger partial charge in [0.1, 0.15) is 11.5 Å². The average molecular weight is 556 g/mol. The second-order valence-electron chi connectivity index (χ2n) is 9.51. The molecule has 13 heteroatoms. The van der Waals surface area contributed by atoms with Crippen LogP contribution in [0.4, 0.5) is 17.6 Å². The fourth-order valence-electron chi connectivity index (χ4n) is 5.18. The molecule has 0 N–H and O–H groups in total. The first kappa shape index (κ1) is 25.4. The van der Waals surface area contributed by atoms with Gasteiger partial charge in [0.2, 0.25) is 0 Å². The van der Waals surface area contributed by atoms with Gasteiger partial charge in [-0.3, -0.25) is 9.78 Å². The summed E-state index contributed by atoms with van der Waals surface area (Å²) in [5.74, 6) is -0.849. The van der Waals surface area contributed by atoms with Crippen LogP contribution in [-0.4, -0.2) is 52.9 Å². The zero-order valence-corrected chi connectivity index (χ0v) is 21.4. The number of pyridine rings is 1. The fraction of sp³-hybridized carbons (Fsp3) is 0.269. The first-order valence-corrected chi connectivity index (χ1v) is 12.8. The molecule has 1 unspecified atom stereocenters. The van der Waals surface area contributed by atoms with Crippen LogP contribution in [-0.2, 0) is 26.1 Å². The summed E-state index contributed by atoms with van der Waals surface area (Å²) in [5.41, 5.74) is 0.785. The third-order valence-electron chi connectivity index (χ3n) is 7.03. The van der Waals surface area contributed by atoms with Gasteiger partial charge in [-0.05, 0) is 60.3 Å². The largest absolute Gasteiger partial charge is 0.416 e. The van der Waals surface area contributed by atoms with Crippen LogP contribution >= 0.6 is 11.9 Å². The lowest BCUT2D eigenvalue weighted by Crippen LogP contribution is -2.50. The molecule has 200 valence electrons. The maximum absolute atomic E-state index is 14.2. The molecule has 1 aliphatic heterocycles. The van der Waals surface area contributed by atoms with Crippen molar-refractivity contribution in [3.8, 4) is 5.69 Å². The average Bonchev–Trinajstić information content (AvgIpc) is 3.52. The summed E-state index contributed by atoms with van der Waals surface area (Å²) in [4.78, 5) is 19.6. The van der Waals surface area contributed by atoms with Crippen LogP contribution in [0.5, 0.6) is 0 Å². The van der Waals surface area contributed by atoms with Gasteiger partial charge < -0.3 is 0 Å². The zero-order chi connectivity index (χ0) is 27.4. The van der Waals surface area contributed by atoms with Crippen molar-refractivity contribution in [1.29, 1.82) is 0 Å². The van der Waals surface area contributed by atoms with Crippen LogP contribution < -0.4 is 0 Å². The quantitative estimate of drug-likeness (QED) is 0.156. The van der Waals surface area contributed by atoms with Crippen LogP contribution in [0, 0.1) is 11.2 Å². The Labute approximate surface area is 224 Å². The van der Waals surface area contributed by atoms with Crippen molar-refractivity contribution in [2.24, 2.45) is 12.5 Å². The number of fused-ring (bicyclic) bond motifs is 2. The van der Waals surface area contributed by atoms with Gasteiger partial charge in [0.15, 0.2) is 10.8 Å². The lowest BCUT2D eigenvalue weighted by molar-refractivity contribution is -0.137. The normalized spacial score (nSPS) is 19.4. The number of nitrogens with zero attached hydrogens (tertiary/aromatic N) is 7. The molecule has 0 saturated heterocycles. The topological polar surface area (TPSA) is 81.7 Å². The summed E-state index contributed by atoms with van der Waals surface area (Å²) < 4.78 is 57.6. The van der Waals surface area contributed by atoms with E-state index in [9.17, 15) is 22.4 Å². The van der Waals surface area contributed by atoms with E-state index in [1.54, 1.807) is 36.3 Å². The highest BCUT2D eigenvalue weighted by atomic mass is 32.2. The summed E-state index contributed by atoms with van der Waals surface area (Å²) in [7, 11) is 1.70. The van der Waals surface area contributed by atoms with E-state index < -0.39 is 22.9 Å². The van der Waals surface area contributed by atoms with Gasteiger partial charge >= 0.3 is 6.18 Å². The highest BCUT2D eigenvalue weighted by molar-refractivity contribution is 7.97. The van der Waals surface area contributed by atoms with E-state index >= 15 is 0 Å². The third-order valence-corrected chi connectivity index (χ3v) is 7.95. The van der Waals surface area contributed by atoms with E-state index in [0.29, 0.717) is 23.7 Å². The zero-order valence-electron chi connectivity index (χ0n) is 20.6. The van der Waals surface area contributed by atoms with Gasteiger partial charge in [-0.15, -0.1) is 5.10 Å². The van der Waals surface area contributed by atoms with Crippen molar-refractivity contribution in [3.63, 3.8) is 0 Å². The van der Waals surface area contributed by atoms with Crippen LogP contribution in [0.25, 0.3) is 5.69 Å². The molecule has 4 aromatic rings. The molecule has 1 aromatic carbocycles. The first-order valence-electron chi connectivity index (χ1n) is 12.0. The van der Waals surface area contributed by atoms with E-state index in [1.807, 2.05) is 10.4 Å². The smallest absolute Gasteiger partial charge is 0.291 e. The van der Waals surface area contributed by atoms with Gasteiger partial charge in [-0.2, -0.15) is 28.2 Å². The van der Waals surface area contributed by atoms with Crippen molar-refractivity contribution in [3.05, 3.63) is 95.0 Å². The molecule has 0 amide bonds. The van der Waals surface area contributed by atoms with Gasteiger partial charge in [0.25, 0.3) is 0 Å². The van der Waals surface area contributed by atoms with E-state index in [2.05, 4.69) is 20.3 Å². The summed E-state index contributed by atoms with van der Waals surface area (Å²) in [5, 5.41) is 13.5. The number of rotatable bonds is 5. The molecule has 6 rings (SSSR count). The number of carbonyl (C=O) groups excluding carboxylic acids is 1. The Morgan fingerprint density at radius 1 is 1.10 bits per heavy atom. The van der Waals surface area contributed by atoms with Crippen molar-refractivity contribution >= 4 is 17.7 Å². The van der Waals surface area contributed by atoms with Crippen LogP contribution in [0.3, 0.4) is 0 Å². The molecular formula is C26H21F4N7OS. The summed E-state index contributed by atoms with van der Waals surface area (Å²) in [6.45, 7) is 0.722. The van der Waals surface area contributed by atoms with E-state index in [0.717, 1.165) is 35.2 Å². The maximum Gasteiger partial charge on any atom is 0.416 e. The lowest BCUT2D eigenvalue weighted by Gasteiger charge is -2.44. The van der Waals surface area contributed by atoms with Gasteiger partial charge in [-0.25, -0.2) is 13.4 Å². The molecule has 0 bridgehead atoms. The minimum atomic E-state index is -4.61. The highest BCUT2D eigenvalue weighted by Gasteiger charge is 2.50. The fourth-order valence-corrected chi connectivity index (χ4v) is 6.13. The predicted octanol–water partition coefficient (Wildman–Crippen LogP) is 4.47. The van der Waals surface area contributed by atoms with Crippen molar-refractivity contribution in [2.45, 2.75) is 24.0 Å². The standard InChI is InChI=1S/C26H21F4N7OS/c1-35-32-14-23(34-35)39-36-9-7-17-11-22-16(13-33-37(22)20-4-2-19(27)3-5-20)12-25(17,15-36)24(38)21-10-18(6-8-31-21)26(28,29)30/h2-8,10,13-14H,9,11-12,15H2,1H3. The second-order valence-corrected chi connectivity index (χ2v) is 10.6. The highest BCUT2D eigenvalue weighted by Crippen LogP contribution is 2.47. The third kappa shape index (κ3) is 4.65. The van der Waals surface area contributed by atoms with Gasteiger partial charge in [-0.1, -0.05) is 11.6 Å². The number of aromatic nitrogens is 6. The Balaban J connectivity index is 1.41. The molecule has 1 atom stereocenters. The molecule has 2 aliphatic rings. The molecule has 0 spiro atoms. The predicted molar refractivity (Wildman–Crippen MR) is 133 cm³/mol. The number of halogens is 4. The van der Waals surface area contributed by atoms with E-state index in [-0.39, 0.29) is 24.5 Å². The number of benzene rings is 1. The maximum atomic E-state index is 14.2. The van der Waals surface area contributed by atoms with Crippen LogP contribution in [0.1, 0.15) is 27.3 Å². The number of alkyl halides is 3. The lowest BCUT2D eigenvalue weighted by atomic mass is 9.65. The molecule has 1 aliphatic carbocycles. The first-order chi connectivity index (χ1) is 18.6. The number of hydrogen-bond acceptors (Lipinski definition) is 7. The Morgan fingerprint density at radius 2 is 1.90 bits per heavy atom. The Bertz CT molecular complexity index is 1590. The molecular weight excluding hydrogens is 534 g/mol. The molecule has 3 aromatic heterocycles. The summed E-state index contributed by atoms with van der Waals surface area (Å²) >= 11 is 1.33. The number of Topliss-reactive ketones (excluding diaryl/α,β-unsaturated/α-hetero) is 1. The molecule has 4 heterocycles. The number of ketones is 1. The van der Waals surface area contributed by atoms with Crippen molar-refractivity contribution in [2.75, 3.05) is 13.1 Å². The number of carbonyl (C=O) groups is 1. The SMILES string of the molecule is Cn1ncc(SN2CC=C3Cc4c(cnn4-c4ccc(F)cc4)CC3(C(=O)c3cc(C(F)(F)F)ccn3)C2)n1. The van der Waals surface area contributed by atoms with Gasteiger partial charge in [0, 0.05) is 32.8 Å². The number of hydrogen-bond donors (Lipinski definition) is 0. The Kier molecular flexibility index (Phi) is 6.14. The van der Waals surface area contributed by atoms with Crippen LogP contribution in [0.2, 0.25) is 0 Å². The molecule has 0 saturated carbocycles. The summed E-state index contributed by atoms with van der Waals surface area (Å²) in [6, 6.07) is 7.62. The molecule has 39 heavy (non-hydrogen) atoms. The molecule has 8 nitrogen and oxygen atoms in total. The Hall–Kier alpha value is -3.84. The molecule has 0 fully saturated rings. The molecule has 0 radical (unpaired) electrons. The van der Waals surface area contributed by atoms with E-state index in [4.69, 9.17) is 0 Å². The number of aryl methyl sites for hydroxylation is 1. The second kappa shape index (κ2) is 9.42. The van der Waals surface area contributed by atoms with Crippen molar-refractivity contribution in [1.82, 2.24) is 34.1 Å². The van der Waals surface area contributed by atoms with Crippen molar-refractivity contribution < 1.29 is 22.4 Å². The monoisotopic (exact) mass is 555 g/mol. The van der Waals surface area contributed by atoms with Crippen LogP contribution in [0.15, 0.2) is 71.7 Å². The van der Waals surface area contributed by atoms with Gasteiger partial charge in [0.05, 0.1) is 34.8 Å². The summed E-state index contributed by atoms with van der Waals surface area (Å²) in [6.07, 6.45) is 2.22. The van der Waals surface area contributed by atoms with E-state index in [1.165, 1.54) is 28.9 Å². The minimum absolute atomic E-state index is 0.226. The Morgan fingerprint density at radius 3 is 2.62 bits per heavy atom. The minimum Gasteiger partial charge on any atom is -0.291 e.